The Morgan fingerprint density at radius 3 is 2.31 bits per heavy atom. The molecule has 2 heteroatoms. The molecule has 1 aliphatic rings. The van der Waals surface area contributed by atoms with Crippen LogP contribution in [-0.2, 0) is 0 Å². The van der Waals surface area contributed by atoms with Gasteiger partial charge in [0.1, 0.15) is 0 Å². The first-order valence-electron chi connectivity index (χ1n) is 7.04. The Morgan fingerprint density at radius 2 is 1.81 bits per heavy atom. The molecule has 0 spiro atoms. The maximum atomic E-state index is 3.53. The van der Waals surface area contributed by atoms with Crippen molar-refractivity contribution < 1.29 is 0 Å². The van der Waals surface area contributed by atoms with Gasteiger partial charge >= 0.3 is 0 Å². The van der Waals surface area contributed by atoms with Gasteiger partial charge in [0, 0.05) is 12.6 Å². The first kappa shape index (κ1) is 14.0. The average Bonchev–Trinajstić information content (AvgIpc) is 2.97. The Balaban J connectivity index is 2.03. The average molecular weight is 226 g/mol. The van der Waals surface area contributed by atoms with Crippen LogP contribution in [0.15, 0.2) is 0 Å². The molecule has 0 aliphatic heterocycles. The van der Waals surface area contributed by atoms with Gasteiger partial charge in [-0.15, -0.1) is 0 Å². The van der Waals surface area contributed by atoms with Crippen molar-refractivity contribution in [2.75, 3.05) is 26.2 Å². The Labute approximate surface area is 102 Å². The minimum atomic E-state index is 0.773. The zero-order valence-corrected chi connectivity index (χ0v) is 11.6. The van der Waals surface area contributed by atoms with E-state index in [-0.39, 0.29) is 0 Å². The first-order chi connectivity index (χ1) is 7.59. The summed E-state index contributed by atoms with van der Waals surface area (Å²) in [6.45, 7) is 14.1. The smallest absolute Gasteiger partial charge is 0.00965 e. The van der Waals surface area contributed by atoms with Gasteiger partial charge in [0.2, 0.25) is 0 Å². The SMILES string of the molecule is CC(C)CNCCCN(CC(C)C)C1CC1. The van der Waals surface area contributed by atoms with E-state index in [1.807, 2.05) is 0 Å². The quantitative estimate of drug-likeness (QED) is 0.608. The third-order valence-corrected chi connectivity index (χ3v) is 3.01. The minimum Gasteiger partial charge on any atom is -0.316 e. The molecule has 1 N–H and O–H groups in total. The van der Waals surface area contributed by atoms with E-state index in [1.165, 1.54) is 38.9 Å². The second-order valence-corrected chi connectivity index (χ2v) is 6.07. The molecule has 0 aromatic rings. The first-order valence-corrected chi connectivity index (χ1v) is 7.04. The molecule has 96 valence electrons. The number of hydrogen-bond donors (Lipinski definition) is 1. The van der Waals surface area contributed by atoms with E-state index in [4.69, 9.17) is 0 Å². The summed E-state index contributed by atoms with van der Waals surface area (Å²) in [6, 6.07) is 0.924. The van der Waals surface area contributed by atoms with Crippen molar-refractivity contribution in [1.29, 1.82) is 0 Å². The van der Waals surface area contributed by atoms with Crippen molar-refractivity contribution >= 4 is 0 Å². The molecule has 0 heterocycles. The van der Waals surface area contributed by atoms with Gasteiger partial charge in [-0.2, -0.15) is 0 Å². The molecule has 1 saturated carbocycles. The van der Waals surface area contributed by atoms with Crippen molar-refractivity contribution in [3.05, 3.63) is 0 Å². The molecule has 0 aromatic carbocycles. The van der Waals surface area contributed by atoms with Gasteiger partial charge < -0.3 is 10.2 Å². The van der Waals surface area contributed by atoms with E-state index in [9.17, 15) is 0 Å². The summed E-state index contributed by atoms with van der Waals surface area (Å²) in [5, 5.41) is 3.53. The highest BCUT2D eigenvalue weighted by atomic mass is 15.2. The van der Waals surface area contributed by atoms with E-state index in [0.717, 1.165) is 24.4 Å². The molecule has 1 fully saturated rings. The van der Waals surface area contributed by atoms with Gasteiger partial charge in [0.05, 0.1) is 0 Å². The molecule has 0 aromatic heterocycles. The van der Waals surface area contributed by atoms with E-state index in [1.54, 1.807) is 0 Å². The lowest BCUT2D eigenvalue weighted by molar-refractivity contribution is 0.230. The van der Waals surface area contributed by atoms with Gasteiger partial charge in [-0.1, -0.05) is 27.7 Å². The maximum Gasteiger partial charge on any atom is 0.00965 e. The lowest BCUT2D eigenvalue weighted by atomic mass is 10.2. The fraction of sp³-hybridized carbons (Fsp3) is 1.00. The normalized spacial score (nSPS) is 16.7. The highest BCUT2D eigenvalue weighted by Gasteiger charge is 2.28. The van der Waals surface area contributed by atoms with E-state index >= 15 is 0 Å². The largest absolute Gasteiger partial charge is 0.316 e. The van der Waals surface area contributed by atoms with Crippen LogP contribution in [0.1, 0.15) is 47.0 Å². The minimum absolute atomic E-state index is 0.773. The van der Waals surface area contributed by atoms with Crippen LogP contribution in [0.4, 0.5) is 0 Å². The molecule has 16 heavy (non-hydrogen) atoms. The molecule has 0 unspecified atom stereocenters. The highest BCUT2D eigenvalue weighted by Crippen LogP contribution is 2.27. The summed E-state index contributed by atoms with van der Waals surface area (Å²) in [6.07, 6.45) is 4.17. The lowest BCUT2D eigenvalue weighted by Gasteiger charge is -2.24. The summed E-state index contributed by atoms with van der Waals surface area (Å²) in [7, 11) is 0. The summed E-state index contributed by atoms with van der Waals surface area (Å²) in [4.78, 5) is 2.70. The standard InChI is InChI=1S/C14H30N2/c1-12(2)10-15-8-5-9-16(11-13(3)4)14-6-7-14/h12-15H,5-11H2,1-4H3. The molecule has 0 bridgehead atoms. The Kier molecular flexibility index (Phi) is 6.37. The van der Waals surface area contributed by atoms with Crippen LogP contribution < -0.4 is 5.32 Å². The van der Waals surface area contributed by atoms with Gasteiger partial charge in [0.15, 0.2) is 0 Å². The summed E-state index contributed by atoms with van der Waals surface area (Å²) < 4.78 is 0. The molecule has 2 nitrogen and oxygen atoms in total. The third-order valence-electron chi connectivity index (χ3n) is 3.01. The molecule has 0 saturated heterocycles. The zero-order chi connectivity index (χ0) is 12.0. The summed E-state index contributed by atoms with van der Waals surface area (Å²) >= 11 is 0. The van der Waals surface area contributed by atoms with Crippen LogP contribution in [0.25, 0.3) is 0 Å². The van der Waals surface area contributed by atoms with Crippen LogP contribution in [-0.4, -0.2) is 37.1 Å². The fourth-order valence-electron chi connectivity index (χ4n) is 2.13. The second kappa shape index (κ2) is 7.29. The zero-order valence-electron chi connectivity index (χ0n) is 11.6. The van der Waals surface area contributed by atoms with E-state index in [2.05, 4.69) is 37.9 Å². The molecular formula is C14H30N2. The lowest BCUT2D eigenvalue weighted by Crippen LogP contribution is -2.33. The Bertz CT molecular complexity index is 174. The summed E-state index contributed by atoms with van der Waals surface area (Å²) in [5.74, 6) is 1.58. The van der Waals surface area contributed by atoms with Crippen LogP contribution in [0, 0.1) is 11.8 Å². The number of rotatable bonds is 9. The van der Waals surface area contributed by atoms with E-state index < -0.39 is 0 Å². The second-order valence-electron chi connectivity index (χ2n) is 6.07. The van der Waals surface area contributed by atoms with Crippen LogP contribution in [0.3, 0.4) is 0 Å². The van der Waals surface area contributed by atoms with Gasteiger partial charge in [0.25, 0.3) is 0 Å². The third kappa shape index (κ3) is 6.49. The van der Waals surface area contributed by atoms with Crippen molar-refractivity contribution in [1.82, 2.24) is 10.2 Å². The molecule has 1 rings (SSSR count). The van der Waals surface area contributed by atoms with Crippen LogP contribution in [0.5, 0.6) is 0 Å². The molecular weight excluding hydrogens is 196 g/mol. The number of hydrogen-bond acceptors (Lipinski definition) is 2. The van der Waals surface area contributed by atoms with Crippen molar-refractivity contribution in [2.24, 2.45) is 11.8 Å². The van der Waals surface area contributed by atoms with Crippen LogP contribution >= 0.6 is 0 Å². The molecule has 0 atom stereocenters. The van der Waals surface area contributed by atoms with Crippen LogP contribution in [0.2, 0.25) is 0 Å². The molecule has 1 aliphatic carbocycles. The van der Waals surface area contributed by atoms with E-state index in [0.29, 0.717) is 0 Å². The number of nitrogens with one attached hydrogen (secondary N) is 1. The van der Waals surface area contributed by atoms with Crippen molar-refractivity contribution in [2.45, 2.75) is 53.0 Å². The summed E-state index contributed by atoms with van der Waals surface area (Å²) in [5.41, 5.74) is 0. The molecule has 0 amide bonds. The fourth-order valence-corrected chi connectivity index (χ4v) is 2.13. The monoisotopic (exact) mass is 226 g/mol. The predicted octanol–water partition coefficient (Wildman–Crippen LogP) is 2.74. The Hall–Kier alpha value is -0.0800. The van der Waals surface area contributed by atoms with Crippen molar-refractivity contribution in [3.63, 3.8) is 0 Å². The van der Waals surface area contributed by atoms with Crippen molar-refractivity contribution in [3.8, 4) is 0 Å². The number of nitrogens with zero attached hydrogens (tertiary/aromatic N) is 1. The highest BCUT2D eigenvalue weighted by molar-refractivity contribution is 4.84. The predicted molar refractivity (Wildman–Crippen MR) is 71.8 cm³/mol. The van der Waals surface area contributed by atoms with Gasteiger partial charge in [-0.05, 0) is 50.7 Å². The van der Waals surface area contributed by atoms with Gasteiger partial charge in [-0.3, -0.25) is 0 Å². The topological polar surface area (TPSA) is 15.3 Å². The Morgan fingerprint density at radius 1 is 1.12 bits per heavy atom. The molecule has 0 radical (unpaired) electrons. The van der Waals surface area contributed by atoms with Gasteiger partial charge in [-0.25, -0.2) is 0 Å². The maximum absolute atomic E-state index is 3.53.